The number of carbonyl (C=O) groups is 1. The van der Waals surface area contributed by atoms with Crippen LogP contribution in [-0.4, -0.2) is 62.6 Å². The number of amides is 1. The van der Waals surface area contributed by atoms with Crippen LogP contribution < -0.4 is 4.90 Å². The second kappa shape index (κ2) is 7.82. The first kappa shape index (κ1) is 20.5. The summed E-state index contributed by atoms with van der Waals surface area (Å²) in [5, 5.41) is 1.41. The predicted molar refractivity (Wildman–Crippen MR) is 121 cm³/mol. The number of likely N-dealkylation sites (N-methyl/N-ethyl adjacent to an activating group) is 1. The summed E-state index contributed by atoms with van der Waals surface area (Å²) >= 11 is 1.32. The minimum atomic E-state index is -3.32. The SMILES string of the molecule is CN(C)CCN(C(=O)c1c[nH]c2ccccc12)c1nc2ccc(S(C)(=O)=O)cc2s1. The van der Waals surface area contributed by atoms with Crippen molar-refractivity contribution < 1.29 is 13.2 Å². The van der Waals surface area contributed by atoms with E-state index in [1.165, 1.54) is 17.6 Å². The minimum absolute atomic E-state index is 0.142. The molecular weight excluding hydrogens is 420 g/mol. The molecule has 156 valence electrons. The first-order valence-electron chi connectivity index (χ1n) is 9.37. The van der Waals surface area contributed by atoms with Crippen molar-refractivity contribution in [3.05, 3.63) is 54.2 Å². The number of thiazole rings is 1. The molecule has 0 fully saturated rings. The number of para-hydroxylation sites is 1. The highest BCUT2D eigenvalue weighted by Crippen LogP contribution is 2.32. The molecule has 0 saturated heterocycles. The summed E-state index contributed by atoms with van der Waals surface area (Å²) in [6.45, 7) is 1.13. The van der Waals surface area contributed by atoms with E-state index >= 15 is 0 Å². The molecule has 2 heterocycles. The van der Waals surface area contributed by atoms with Crippen molar-refractivity contribution in [3.63, 3.8) is 0 Å². The van der Waals surface area contributed by atoms with Crippen LogP contribution >= 0.6 is 11.3 Å². The van der Waals surface area contributed by atoms with Crippen LogP contribution in [0.15, 0.2) is 53.6 Å². The van der Waals surface area contributed by atoms with E-state index in [9.17, 15) is 13.2 Å². The van der Waals surface area contributed by atoms with Gasteiger partial charge in [-0.05, 0) is 38.4 Å². The number of benzene rings is 2. The Bertz CT molecular complexity index is 1340. The van der Waals surface area contributed by atoms with E-state index in [4.69, 9.17) is 0 Å². The van der Waals surface area contributed by atoms with Gasteiger partial charge in [0.15, 0.2) is 15.0 Å². The van der Waals surface area contributed by atoms with E-state index in [-0.39, 0.29) is 10.8 Å². The van der Waals surface area contributed by atoms with Crippen molar-refractivity contribution in [2.24, 2.45) is 0 Å². The molecule has 0 saturated carbocycles. The van der Waals surface area contributed by atoms with Gasteiger partial charge in [0.1, 0.15) is 0 Å². The largest absolute Gasteiger partial charge is 0.360 e. The lowest BCUT2D eigenvalue weighted by Crippen LogP contribution is -2.36. The molecule has 0 bridgehead atoms. The van der Waals surface area contributed by atoms with Gasteiger partial charge in [0, 0.05) is 36.4 Å². The molecule has 9 heteroatoms. The highest BCUT2D eigenvalue weighted by molar-refractivity contribution is 7.90. The van der Waals surface area contributed by atoms with Crippen molar-refractivity contribution in [2.45, 2.75) is 4.90 Å². The highest BCUT2D eigenvalue weighted by atomic mass is 32.2. The number of sulfone groups is 1. The number of aromatic nitrogens is 2. The molecule has 1 amide bonds. The second-order valence-electron chi connectivity index (χ2n) is 7.41. The molecule has 30 heavy (non-hydrogen) atoms. The lowest BCUT2D eigenvalue weighted by atomic mass is 10.1. The number of H-pyrrole nitrogens is 1. The quantitative estimate of drug-likeness (QED) is 0.495. The highest BCUT2D eigenvalue weighted by Gasteiger charge is 2.24. The van der Waals surface area contributed by atoms with Crippen LogP contribution in [0.1, 0.15) is 10.4 Å². The first-order chi connectivity index (χ1) is 14.2. The summed E-state index contributed by atoms with van der Waals surface area (Å²) in [4.78, 5) is 25.2. The third kappa shape index (κ3) is 3.96. The Balaban J connectivity index is 1.77. The molecule has 0 aliphatic carbocycles. The van der Waals surface area contributed by atoms with Crippen molar-refractivity contribution in [2.75, 3.05) is 38.3 Å². The summed E-state index contributed by atoms with van der Waals surface area (Å²) in [6.07, 6.45) is 2.91. The van der Waals surface area contributed by atoms with Crippen molar-refractivity contribution in [3.8, 4) is 0 Å². The lowest BCUT2D eigenvalue weighted by Gasteiger charge is -2.21. The van der Waals surface area contributed by atoms with Crippen molar-refractivity contribution in [1.29, 1.82) is 0 Å². The fraction of sp³-hybridized carbons (Fsp3) is 0.238. The van der Waals surface area contributed by atoms with Crippen LogP contribution in [0.4, 0.5) is 5.13 Å². The third-order valence-electron chi connectivity index (χ3n) is 4.84. The van der Waals surface area contributed by atoms with Crippen LogP contribution in [-0.2, 0) is 9.84 Å². The summed E-state index contributed by atoms with van der Waals surface area (Å²) in [5.41, 5.74) is 2.15. The number of nitrogens with zero attached hydrogens (tertiary/aromatic N) is 3. The van der Waals surface area contributed by atoms with Gasteiger partial charge in [-0.25, -0.2) is 13.4 Å². The van der Waals surface area contributed by atoms with Gasteiger partial charge in [0.2, 0.25) is 0 Å². The molecule has 2 aromatic heterocycles. The average molecular weight is 443 g/mol. The minimum Gasteiger partial charge on any atom is -0.360 e. The maximum absolute atomic E-state index is 13.5. The van der Waals surface area contributed by atoms with Gasteiger partial charge in [0.05, 0.1) is 20.7 Å². The average Bonchev–Trinajstić information content (AvgIpc) is 3.30. The number of nitrogens with one attached hydrogen (secondary N) is 1. The van der Waals surface area contributed by atoms with Crippen molar-refractivity contribution in [1.82, 2.24) is 14.9 Å². The lowest BCUT2D eigenvalue weighted by molar-refractivity contribution is 0.0987. The Morgan fingerprint density at radius 1 is 1.13 bits per heavy atom. The fourth-order valence-electron chi connectivity index (χ4n) is 3.22. The van der Waals surface area contributed by atoms with Crippen LogP contribution in [0.3, 0.4) is 0 Å². The number of anilines is 1. The molecule has 0 radical (unpaired) electrons. The smallest absolute Gasteiger partial charge is 0.262 e. The Kier molecular flexibility index (Phi) is 5.35. The zero-order valence-corrected chi connectivity index (χ0v) is 18.5. The number of rotatable bonds is 6. The molecule has 0 unspecified atom stereocenters. The number of fused-ring (bicyclic) bond motifs is 2. The molecule has 1 N–H and O–H groups in total. The first-order valence-corrected chi connectivity index (χ1v) is 12.1. The Hall–Kier alpha value is -2.75. The van der Waals surface area contributed by atoms with Gasteiger partial charge in [-0.1, -0.05) is 29.5 Å². The molecule has 4 rings (SSSR count). The summed E-state index contributed by atoms with van der Waals surface area (Å²) < 4.78 is 24.5. The van der Waals surface area contributed by atoms with Gasteiger partial charge in [0.25, 0.3) is 5.91 Å². The van der Waals surface area contributed by atoms with E-state index in [0.717, 1.165) is 15.6 Å². The molecule has 7 nitrogen and oxygen atoms in total. The predicted octanol–water partition coefficient (Wildman–Crippen LogP) is 3.39. The molecule has 0 atom stereocenters. The zero-order chi connectivity index (χ0) is 21.5. The molecule has 0 aliphatic heterocycles. The standard InChI is InChI=1S/C21H22N4O3S2/c1-24(2)10-11-25(20(26)16-13-22-17-7-5-4-6-15(16)17)21-23-18-9-8-14(30(3,27)28)12-19(18)29-21/h4-9,12-13,22H,10-11H2,1-3H3. The zero-order valence-electron chi connectivity index (χ0n) is 16.9. The summed E-state index contributed by atoms with van der Waals surface area (Å²) in [5.74, 6) is -0.142. The summed E-state index contributed by atoms with van der Waals surface area (Å²) in [6, 6.07) is 12.5. The number of hydrogen-bond donors (Lipinski definition) is 1. The van der Waals surface area contributed by atoms with E-state index in [1.807, 2.05) is 43.3 Å². The molecule has 4 aromatic rings. The van der Waals surface area contributed by atoms with Gasteiger partial charge < -0.3 is 9.88 Å². The van der Waals surface area contributed by atoms with Crippen LogP contribution in [0, 0.1) is 0 Å². The Labute approximate surface area is 178 Å². The van der Waals surface area contributed by atoms with Crippen LogP contribution in [0.25, 0.3) is 21.1 Å². The fourth-order valence-corrected chi connectivity index (χ4v) is 4.97. The van der Waals surface area contributed by atoms with E-state index in [2.05, 4.69) is 9.97 Å². The van der Waals surface area contributed by atoms with Crippen molar-refractivity contribution >= 4 is 53.3 Å². The molecule has 0 aliphatic rings. The number of aromatic amines is 1. The molecule has 0 spiro atoms. The summed E-state index contributed by atoms with van der Waals surface area (Å²) in [7, 11) is 0.584. The molecule has 2 aromatic carbocycles. The maximum Gasteiger partial charge on any atom is 0.262 e. The molecular formula is C21H22N4O3S2. The second-order valence-corrected chi connectivity index (χ2v) is 10.4. The van der Waals surface area contributed by atoms with E-state index in [0.29, 0.717) is 29.3 Å². The van der Waals surface area contributed by atoms with Gasteiger partial charge in [-0.2, -0.15) is 0 Å². The normalized spacial score (nSPS) is 12.1. The van der Waals surface area contributed by atoms with Gasteiger partial charge in [-0.15, -0.1) is 0 Å². The third-order valence-corrected chi connectivity index (χ3v) is 6.99. The van der Waals surface area contributed by atoms with E-state index < -0.39 is 9.84 Å². The Morgan fingerprint density at radius 3 is 2.63 bits per heavy atom. The number of carbonyl (C=O) groups excluding carboxylic acids is 1. The number of hydrogen-bond acceptors (Lipinski definition) is 6. The monoisotopic (exact) mass is 442 g/mol. The maximum atomic E-state index is 13.5. The Morgan fingerprint density at radius 2 is 1.90 bits per heavy atom. The van der Waals surface area contributed by atoms with Crippen LogP contribution in [0.5, 0.6) is 0 Å². The van der Waals surface area contributed by atoms with Gasteiger partial charge in [-0.3, -0.25) is 9.69 Å². The van der Waals surface area contributed by atoms with Gasteiger partial charge >= 0.3 is 0 Å². The van der Waals surface area contributed by atoms with Crippen LogP contribution in [0.2, 0.25) is 0 Å². The topological polar surface area (TPSA) is 86.4 Å². The van der Waals surface area contributed by atoms with E-state index in [1.54, 1.807) is 29.3 Å².